The van der Waals surface area contributed by atoms with Crippen molar-refractivity contribution in [1.82, 2.24) is 10.5 Å². The summed E-state index contributed by atoms with van der Waals surface area (Å²) in [6.07, 6.45) is 0.779. The van der Waals surface area contributed by atoms with Crippen LogP contribution in [0.4, 0.5) is 0 Å². The Morgan fingerprint density at radius 1 is 1.11 bits per heavy atom. The van der Waals surface area contributed by atoms with E-state index in [1.807, 2.05) is 62.4 Å². The third-order valence-electron chi connectivity index (χ3n) is 4.98. The first-order chi connectivity index (χ1) is 13.5. The number of hydrogen-bond donors (Lipinski definition) is 1. The van der Waals surface area contributed by atoms with E-state index in [1.165, 1.54) is 5.56 Å². The molecule has 0 aliphatic rings. The van der Waals surface area contributed by atoms with E-state index in [2.05, 4.69) is 17.4 Å². The zero-order valence-electron chi connectivity index (χ0n) is 16.8. The van der Waals surface area contributed by atoms with Gasteiger partial charge in [-0.15, -0.1) is 0 Å². The SMILES string of the molecule is CCC(NC(=O)c1noc(C)c1COc1ccc(C)c(C)c1)c1ccccc1. The summed E-state index contributed by atoms with van der Waals surface area (Å²) >= 11 is 0. The summed E-state index contributed by atoms with van der Waals surface area (Å²) in [6.45, 7) is 8.15. The predicted octanol–water partition coefficient (Wildman–Crippen LogP) is 5.06. The van der Waals surface area contributed by atoms with Crippen LogP contribution in [0, 0.1) is 20.8 Å². The van der Waals surface area contributed by atoms with Gasteiger partial charge in [0.2, 0.25) is 0 Å². The summed E-state index contributed by atoms with van der Waals surface area (Å²) in [5.74, 6) is 1.08. The molecule has 28 heavy (non-hydrogen) atoms. The number of hydrogen-bond acceptors (Lipinski definition) is 4. The number of ether oxygens (including phenoxy) is 1. The lowest BCUT2D eigenvalue weighted by Crippen LogP contribution is -2.29. The lowest BCUT2D eigenvalue weighted by molar-refractivity contribution is 0.0924. The minimum absolute atomic E-state index is 0.0841. The first kappa shape index (κ1) is 19.7. The molecule has 0 aliphatic heterocycles. The van der Waals surface area contributed by atoms with Crippen LogP contribution in [0.1, 0.15) is 57.9 Å². The molecule has 3 rings (SSSR count). The molecule has 1 atom stereocenters. The zero-order valence-corrected chi connectivity index (χ0v) is 16.8. The second kappa shape index (κ2) is 8.74. The van der Waals surface area contributed by atoms with Crippen LogP contribution in [-0.4, -0.2) is 11.1 Å². The minimum Gasteiger partial charge on any atom is -0.489 e. The molecule has 2 aromatic carbocycles. The summed E-state index contributed by atoms with van der Waals surface area (Å²) in [7, 11) is 0. The maximum Gasteiger partial charge on any atom is 0.274 e. The molecule has 3 aromatic rings. The molecule has 0 saturated carbocycles. The van der Waals surface area contributed by atoms with Gasteiger partial charge in [0.1, 0.15) is 18.1 Å². The van der Waals surface area contributed by atoms with E-state index in [0.717, 1.165) is 23.3 Å². The number of carbonyl (C=O) groups excluding carboxylic acids is 1. The van der Waals surface area contributed by atoms with E-state index < -0.39 is 0 Å². The van der Waals surface area contributed by atoms with Crippen LogP contribution in [0.25, 0.3) is 0 Å². The standard InChI is InChI=1S/C23H26N2O3/c1-5-21(18-9-7-6-8-10-18)24-23(26)22-20(17(4)28-25-22)14-27-19-12-11-15(2)16(3)13-19/h6-13,21H,5,14H2,1-4H3,(H,24,26). The Kier molecular flexibility index (Phi) is 6.14. The number of aromatic nitrogens is 1. The summed E-state index contributed by atoms with van der Waals surface area (Å²) in [6, 6.07) is 15.7. The molecule has 1 heterocycles. The van der Waals surface area contributed by atoms with Crippen molar-refractivity contribution in [3.05, 3.63) is 82.2 Å². The first-order valence-corrected chi connectivity index (χ1v) is 9.50. The van der Waals surface area contributed by atoms with Gasteiger partial charge in [-0.3, -0.25) is 4.79 Å². The van der Waals surface area contributed by atoms with Crippen LogP contribution in [0.3, 0.4) is 0 Å². The fourth-order valence-corrected chi connectivity index (χ4v) is 3.03. The quantitative estimate of drug-likeness (QED) is 0.624. The lowest BCUT2D eigenvalue weighted by atomic mass is 10.0. The van der Waals surface area contributed by atoms with E-state index in [0.29, 0.717) is 11.3 Å². The summed E-state index contributed by atoms with van der Waals surface area (Å²) in [4.78, 5) is 12.8. The molecular weight excluding hydrogens is 352 g/mol. The average molecular weight is 378 g/mol. The Morgan fingerprint density at radius 3 is 2.54 bits per heavy atom. The highest BCUT2D eigenvalue weighted by molar-refractivity contribution is 5.94. The van der Waals surface area contributed by atoms with Crippen LogP contribution < -0.4 is 10.1 Å². The Labute approximate surface area is 165 Å². The van der Waals surface area contributed by atoms with E-state index in [9.17, 15) is 4.79 Å². The van der Waals surface area contributed by atoms with E-state index in [-0.39, 0.29) is 24.2 Å². The van der Waals surface area contributed by atoms with Gasteiger partial charge in [0, 0.05) is 0 Å². The van der Waals surface area contributed by atoms with E-state index in [4.69, 9.17) is 9.26 Å². The Bertz CT molecular complexity index is 948. The Morgan fingerprint density at radius 2 is 1.86 bits per heavy atom. The molecule has 1 unspecified atom stereocenters. The summed E-state index contributed by atoms with van der Waals surface area (Å²) in [5.41, 5.74) is 4.37. The van der Waals surface area contributed by atoms with Crippen molar-refractivity contribution in [3.63, 3.8) is 0 Å². The highest BCUT2D eigenvalue weighted by atomic mass is 16.5. The van der Waals surface area contributed by atoms with Crippen molar-refractivity contribution >= 4 is 5.91 Å². The molecule has 1 amide bonds. The number of benzene rings is 2. The van der Waals surface area contributed by atoms with Gasteiger partial charge in [-0.25, -0.2) is 0 Å². The molecule has 0 radical (unpaired) electrons. The third kappa shape index (κ3) is 4.42. The number of rotatable bonds is 7. The van der Waals surface area contributed by atoms with Crippen LogP contribution in [-0.2, 0) is 6.61 Å². The smallest absolute Gasteiger partial charge is 0.274 e. The monoisotopic (exact) mass is 378 g/mol. The van der Waals surface area contributed by atoms with Crippen LogP contribution in [0.15, 0.2) is 53.1 Å². The second-order valence-corrected chi connectivity index (χ2v) is 6.95. The van der Waals surface area contributed by atoms with Gasteiger partial charge in [0.05, 0.1) is 11.6 Å². The molecule has 0 saturated heterocycles. The summed E-state index contributed by atoms with van der Waals surface area (Å²) < 4.78 is 11.2. The molecule has 0 spiro atoms. The maximum absolute atomic E-state index is 12.8. The minimum atomic E-state index is -0.258. The average Bonchev–Trinajstić information content (AvgIpc) is 3.08. The van der Waals surface area contributed by atoms with Gasteiger partial charge >= 0.3 is 0 Å². The number of nitrogens with zero attached hydrogens (tertiary/aromatic N) is 1. The molecule has 0 bridgehead atoms. The second-order valence-electron chi connectivity index (χ2n) is 6.95. The van der Waals surface area contributed by atoms with Crippen molar-refractivity contribution < 1.29 is 14.1 Å². The van der Waals surface area contributed by atoms with Gasteiger partial charge in [0.15, 0.2) is 5.69 Å². The highest BCUT2D eigenvalue weighted by Crippen LogP contribution is 2.22. The molecule has 0 fully saturated rings. The predicted molar refractivity (Wildman–Crippen MR) is 108 cm³/mol. The number of aryl methyl sites for hydroxylation is 3. The van der Waals surface area contributed by atoms with Crippen molar-refractivity contribution in [3.8, 4) is 5.75 Å². The van der Waals surface area contributed by atoms with Crippen LogP contribution >= 0.6 is 0 Å². The van der Waals surface area contributed by atoms with Gasteiger partial charge in [-0.2, -0.15) is 0 Å². The van der Waals surface area contributed by atoms with Crippen LogP contribution in [0.5, 0.6) is 5.75 Å². The van der Waals surface area contributed by atoms with Crippen molar-refractivity contribution in [2.45, 2.75) is 46.8 Å². The van der Waals surface area contributed by atoms with Gasteiger partial charge < -0.3 is 14.6 Å². The third-order valence-corrected chi connectivity index (χ3v) is 4.98. The number of carbonyl (C=O) groups is 1. The van der Waals surface area contributed by atoms with Gasteiger partial charge in [-0.05, 0) is 56.0 Å². The van der Waals surface area contributed by atoms with Gasteiger partial charge in [0.25, 0.3) is 5.91 Å². The molecule has 5 nitrogen and oxygen atoms in total. The lowest BCUT2D eigenvalue weighted by Gasteiger charge is -2.17. The number of amides is 1. The summed E-state index contributed by atoms with van der Waals surface area (Å²) in [5, 5.41) is 7.02. The molecule has 5 heteroatoms. The zero-order chi connectivity index (χ0) is 20.1. The largest absolute Gasteiger partial charge is 0.489 e. The molecule has 1 aromatic heterocycles. The maximum atomic E-state index is 12.8. The fraction of sp³-hybridized carbons (Fsp3) is 0.304. The normalized spacial score (nSPS) is 11.9. The van der Waals surface area contributed by atoms with Crippen molar-refractivity contribution in [1.29, 1.82) is 0 Å². The highest BCUT2D eigenvalue weighted by Gasteiger charge is 2.23. The van der Waals surface area contributed by atoms with Gasteiger partial charge in [-0.1, -0.05) is 48.5 Å². The molecular formula is C23H26N2O3. The van der Waals surface area contributed by atoms with Crippen molar-refractivity contribution in [2.24, 2.45) is 0 Å². The van der Waals surface area contributed by atoms with E-state index in [1.54, 1.807) is 6.92 Å². The first-order valence-electron chi connectivity index (χ1n) is 9.50. The fourth-order valence-electron chi connectivity index (χ4n) is 3.03. The molecule has 0 aliphatic carbocycles. The van der Waals surface area contributed by atoms with Crippen molar-refractivity contribution in [2.75, 3.05) is 0 Å². The molecule has 146 valence electrons. The Balaban J connectivity index is 1.74. The Hall–Kier alpha value is -3.08. The molecule has 1 N–H and O–H groups in total. The topological polar surface area (TPSA) is 64.4 Å². The number of nitrogens with one attached hydrogen (secondary N) is 1. The van der Waals surface area contributed by atoms with Crippen LogP contribution in [0.2, 0.25) is 0 Å². The van der Waals surface area contributed by atoms with E-state index >= 15 is 0 Å².